The fraction of sp³-hybridized carbons (Fsp3) is 0.188. The fourth-order valence-electron chi connectivity index (χ4n) is 2.64. The number of hydrogen-bond donors (Lipinski definition) is 1. The highest BCUT2D eigenvalue weighted by Crippen LogP contribution is 2.25. The van der Waals surface area contributed by atoms with Gasteiger partial charge in [0.2, 0.25) is 10.0 Å². The van der Waals surface area contributed by atoms with Crippen molar-refractivity contribution < 1.29 is 16.8 Å². The lowest BCUT2D eigenvalue weighted by Gasteiger charge is -2.09. The molecule has 0 radical (unpaired) electrons. The third-order valence-electron chi connectivity index (χ3n) is 3.65. The van der Waals surface area contributed by atoms with Crippen LogP contribution in [0.1, 0.15) is 5.82 Å². The van der Waals surface area contributed by atoms with Crippen molar-refractivity contribution in [3.05, 3.63) is 48.3 Å². The van der Waals surface area contributed by atoms with E-state index in [-0.39, 0.29) is 4.90 Å². The zero-order valence-electron chi connectivity index (χ0n) is 13.9. The Bertz CT molecular complexity index is 1160. The second kappa shape index (κ2) is 5.85. The minimum absolute atomic E-state index is 0.234. The minimum Gasteiger partial charge on any atom is -0.296 e. The number of benzene rings is 2. The van der Waals surface area contributed by atoms with Crippen molar-refractivity contribution in [1.29, 1.82) is 0 Å². The van der Waals surface area contributed by atoms with Crippen LogP contribution in [0.15, 0.2) is 47.4 Å². The molecule has 0 saturated heterocycles. The molecule has 0 amide bonds. The topological polar surface area (TPSA) is 98.1 Å². The number of fused-ring (bicyclic) bond motifs is 1. The third kappa shape index (κ3) is 3.67. The summed E-state index contributed by atoms with van der Waals surface area (Å²) >= 11 is 0. The zero-order chi connectivity index (χ0) is 18.4. The van der Waals surface area contributed by atoms with Crippen LogP contribution < -0.4 is 4.72 Å². The molecule has 0 aliphatic rings. The van der Waals surface area contributed by atoms with Crippen LogP contribution in [0.2, 0.25) is 0 Å². The lowest BCUT2D eigenvalue weighted by Crippen LogP contribution is -2.09. The number of imidazole rings is 1. The van der Waals surface area contributed by atoms with E-state index in [0.717, 1.165) is 23.7 Å². The van der Waals surface area contributed by atoms with Crippen LogP contribution in [-0.2, 0) is 19.9 Å². The Kier molecular flexibility index (Phi) is 4.08. The Balaban J connectivity index is 2.15. The Labute approximate surface area is 146 Å². The number of sulfonamides is 1. The first-order chi connectivity index (χ1) is 11.5. The first-order valence-corrected chi connectivity index (χ1v) is 11.1. The number of anilines is 1. The molecule has 0 spiro atoms. The predicted octanol–water partition coefficient (Wildman–Crippen LogP) is 2.11. The minimum atomic E-state index is -3.38. The number of sulfone groups is 1. The maximum atomic E-state index is 11.6. The molecule has 1 heterocycles. The van der Waals surface area contributed by atoms with Gasteiger partial charge in [-0.3, -0.25) is 9.29 Å². The molecule has 1 N–H and O–H groups in total. The molecule has 1 aromatic heterocycles. The SMILES string of the molecule is Cc1nc2ccc(NS(C)(=O)=O)cc2n1-c1ccc(S(C)(=O)=O)cc1. The van der Waals surface area contributed by atoms with E-state index in [0.29, 0.717) is 17.0 Å². The van der Waals surface area contributed by atoms with E-state index in [1.54, 1.807) is 30.3 Å². The van der Waals surface area contributed by atoms with E-state index < -0.39 is 19.9 Å². The molecular weight excluding hydrogens is 362 g/mol. The van der Waals surface area contributed by atoms with Gasteiger partial charge in [-0.05, 0) is 49.4 Å². The lowest BCUT2D eigenvalue weighted by atomic mass is 10.2. The summed E-state index contributed by atoms with van der Waals surface area (Å²) in [5, 5.41) is 0. The molecule has 0 fully saturated rings. The summed E-state index contributed by atoms with van der Waals surface area (Å²) in [6.07, 6.45) is 2.24. The van der Waals surface area contributed by atoms with Gasteiger partial charge in [-0.15, -0.1) is 0 Å². The van der Waals surface area contributed by atoms with Crippen LogP contribution in [0.4, 0.5) is 5.69 Å². The van der Waals surface area contributed by atoms with E-state index in [1.807, 2.05) is 11.5 Å². The second-order valence-electron chi connectivity index (χ2n) is 5.84. The molecule has 9 heteroatoms. The highest BCUT2D eigenvalue weighted by atomic mass is 32.2. The van der Waals surface area contributed by atoms with Gasteiger partial charge in [0.05, 0.1) is 27.9 Å². The molecule has 25 heavy (non-hydrogen) atoms. The van der Waals surface area contributed by atoms with Gasteiger partial charge >= 0.3 is 0 Å². The lowest BCUT2D eigenvalue weighted by molar-refractivity contribution is 0.601. The molecule has 0 bridgehead atoms. The summed E-state index contributed by atoms with van der Waals surface area (Å²) in [6.45, 7) is 1.83. The molecule has 0 aliphatic carbocycles. The van der Waals surface area contributed by atoms with Crippen LogP contribution in [0, 0.1) is 6.92 Å². The highest BCUT2D eigenvalue weighted by Gasteiger charge is 2.13. The Morgan fingerprint density at radius 3 is 2.16 bits per heavy atom. The summed E-state index contributed by atoms with van der Waals surface area (Å²) in [6, 6.07) is 11.5. The molecule has 0 aliphatic heterocycles. The van der Waals surface area contributed by atoms with Crippen molar-refractivity contribution in [3.63, 3.8) is 0 Å². The Morgan fingerprint density at radius 1 is 0.960 bits per heavy atom. The third-order valence-corrected chi connectivity index (χ3v) is 5.38. The van der Waals surface area contributed by atoms with Crippen LogP contribution in [0.5, 0.6) is 0 Å². The summed E-state index contributed by atoms with van der Waals surface area (Å²) < 4.78 is 50.4. The molecule has 0 unspecified atom stereocenters. The molecule has 132 valence electrons. The molecule has 3 aromatic rings. The quantitative estimate of drug-likeness (QED) is 0.749. The normalized spacial score (nSPS) is 12.4. The first kappa shape index (κ1) is 17.4. The maximum absolute atomic E-state index is 11.6. The summed E-state index contributed by atoms with van der Waals surface area (Å²) in [5.74, 6) is 0.707. The van der Waals surface area contributed by atoms with Crippen LogP contribution in [-0.4, -0.2) is 38.9 Å². The van der Waals surface area contributed by atoms with Gasteiger partial charge in [-0.25, -0.2) is 21.8 Å². The van der Waals surface area contributed by atoms with E-state index in [2.05, 4.69) is 9.71 Å². The zero-order valence-corrected chi connectivity index (χ0v) is 15.5. The van der Waals surface area contributed by atoms with Crippen molar-refractivity contribution >= 4 is 36.6 Å². The first-order valence-electron chi connectivity index (χ1n) is 7.32. The summed E-state index contributed by atoms with van der Waals surface area (Å²) in [7, 11) is -6.65. The summed E-state index contributed by atoms with van der Waals surface area (Å²) in [4.78, 5) is 4.70. The van der Waals surface area contributed by atoms with Gasteiger partial charge in [0.25, 0.3) is 0 Å². The highest BCUT2D eigenvalue weighted by molar-refractivity contribution is 7.92. The number of aromatic nitrogens is 2. The Hall–Kier alpha value is -2.39. The van der Waals surface area contributed by atoms with Crippen LogP contribution in [0.3, 0.4) is 0 Å². The fourth-order valence-corrected chi connectivity index (χ4v) is 3.83. The van der Waals surface area contributed by atoms with E-state index in [4.69, 9.17) is 0 Å². The van der Waals surface area contributed by atoms with E-state index >= 15 is 0 Å². The largest absolute Gasteiger partial charge is 0.296 e. The number of aryl methyl sites for hydroxylation is 1. The van der Waals surface area contributed by atoms with E-state index in [1.165, 1.54) is 12.1 Å². The number of rotatable bonds is 4. The van der Waals surface area contributed by atoms with Crippen LogP contribution >= 0.6 is 0 Å². The molecule has 2 aromatic carbocycles. The van der Waals surface area contributed by atoms with Gasteiger partial charge in [-0.2, -0.15) is 0 Å². The van der Waals surface area contributed by atoms with Crippen molar-refractivity contribution in [2.75, 3.05) is 17.2 Å². The molecule has 7 nitrogen and oxygen atoms in total. The van der Waals surface area contributed by atoms with Crippen molar-refractivity contribution in [3.8, 4) is 5.69 Å². The van der Waals surface area contributed by atoms with E-state index in [9.17, 15) is 16.8 Å². The van der Waals surface area contributed by atoms with Gasteiger partial charge in [-0.1, -0.05) is 0 Å². The smallest absolute Gasteiger partial charge is 0.229 e. The molecule has 3 rings (SSSR count). The maximum Gasteiger partial charge on any atom is 0.229 e. The average Bonchev–Trinajstić information content (AvgIpc) is 2.80. The number of hydrogen-bond acceptors (Lipinski definition) is 5. The monoisotopic (exact) mass is 379 g/mol. The Morgan fingerprint density at radius 2 is 1.60 bits per heavy atom. The average molecular weight is 379 g/mol. The van der Waals surface area contributed by atoms with Gasteiger partial charge < -0.3 is 0 Å². The summed E-state index contributed by atoms with van der Waals surface area (Å²) in [5.41, 5.74) is 2.61. The number of nitrogens with one attached hydrogen (secondary N) is 1. The van der Waals surface area contributed by atoms with Crippen molar-refractivity contribution in [2.24, 2.45) is 0 Å². The molecule has 0 saturated carbocycles. The molecular formula is C16H17N3O4S2. The standard InChI is InChI=1S/C16H17N3O4S2/c1-11-17-15-9-4-12(18-25(3,22)23)10-16(15)19(11)13-5-7-14(8-6-13)24(2,20)21/h4-10,18H,1-3H3. The van der Waals surface area contributed by atoms with Gasteiger partial charge in [0.15, 0.2) is 9.84 Å². The molecule has 0 atom stereocenters. The second-order valence-corrected chi connectivity index (χ2v) is 9.60. The van der Waals surface area contributed by atoms with Crippen LogP contribution in [0.25, 0.3) is 16.7 Å². The van der Waals surface area contributed by atoms with Gasteiger partial charge in [0, 0.05) is 11.9 Å². The van der Waals surface area contributed by atoms with Crippen molar-refractivity contribution in [1.82, 2.24) is 9.55 Å². The predicted molar refractivity (Wildman–Crippen MR) is 97.4 cm³/mol. The number of nitrogens with zero attached hydrogens (tertiary/aromatic N) is 2. The van der Waals surface area contributed by atoms with Gasteiger partial charge in [0.1, 0.15) is 5.82 Å². The van der Waals surface area contributed by atoms with Crippen molar-refractivity contribution in [2.45, 2.75) is 11.8 Å².